The molecule has 1 fully saturated rings. The Morgan fingerprint density at radius 3 is 3.24 bits per heavy atom. The first-order valence-corrected chi connectivity index (χ1v) is 6.12. The van der Waals surface area contributed by atoms with Crippen molar-refractivity contribution in [3.8, 4) is 0 Å². The molecule has 0 radical (unpaired) electrons. The minimum Gasteiger partial charge on any atom is -0.381 e. The second kappa shape index (κ2) is 4.58. The zero-order valence-corrected chi connectivity index (χ0v) is 10.1. The molecule has 0 N–H and O–H groups in total. The van der Waals surface area contributed by atoms with Crippen LogP contribution in [0.3, 0.4) is 0 Å². The second-order valence-corrected chi connectivity index (χ2v) is 4.70. The van der Waals surface area contributed by atoms with Crippen LogP contribution in [0.25, 0.3) is 11.2 Å². The molecule has 1 saturated heterocycles. The third-order valence-corrected chi connectivity index (χ3v) is 3.18. The Kier molecular flexibility index (Phi) is 2.94. The van der Waals surface area contributed by atoms with Gasteiger partial charge < -0.3 is 4.74 Å². The lowest BCUT2D eigenvalue weighted by atomic mass is 10.0. The van der Waals surface area contributed by atoms with E-state index < -0.39 is 0 Å². The number of nitrogens with zero attached hydrogens (tertiary/aromatic N) is 4. The molecule has 0 saturated carbocycles. The fourth-order valence-electron chi connectivity index (χ4n) is 2.16. The van der Waals surface area contributed by atoms with Gasteiger partial charge >= 0.3 is 0 Å². The van der Waals surface area contributed by atoms with E-state index in [1.54, 1.807) is 12.4 Å². The molecule has 1 aliphatic rings. The highest BCUT2D eigenvalue weighted by Gasteiger charge is 2.16. The molecule has 5 nitrogen and oxygen atoms in total. The van der Waals surface area contributed by atoms with Gasteiger partial charge in [-0.15, -0.1) is 0 Å². The van der Waals surface area contributed by atoms with Crippen molar-refractivity contribution in [2.75, 3.05) is 13.2 Å². The summed E-state index contributed by atoms with van der Waals surface area (Å²) in [6.07, 6.45) is 5.56. The summed E-state index contributed by atoms with van der Waals surface area (Å²) in [4.78, 5) is 8.45. The van der Waals surface area contributed by atoms with Gasteiger partial charge in [0.15, 0.2) is 5.65 Å². The first-order valence-electron chi connectivity index (χ1n) is 5.75. The summed E-state index contributed by atoms with van der Waals surface area (Å²) >= 11 is 5.85. The molecular formula is C11H13ClN4O. The molecular weight excluding hydrogens is 240 g/mol. The summed E-state index contributed by atoms with van der Waals surface area (Å²) < 4.78 is 7.33. The lowest BCUT2D eigenvalue weighted by Crippen LogP contribution is -2.22. The molecule has 1 aliphatic heterocycles. The Hall–Kier alpha value is -1.20. The van der Waals surface area contributed by atoms with Gasteiger partial charge in [0.25, 0.3) is 0 Å². The topological polar surface area (TPSA) is 52.8 Å². The molecule has 0 bridgehead atoms. The maximum atomic E-state index is 5.85. The van der Waals surface area contributed by atoms with Gasteiger partial charge in [-0.05, 0) is 12.8 Å². The lowest BCUT2D eigenvalue weighted by molar-refractivity contribution is 0.0474. The Bertz CT molecular complexity index is 521. The van der Waals surface area contributed by atoms with Crippen molar-refractivity contribution in [3.63, 3.8) is 0 Å². The van der Waals surface area contributed by atoms with Crippen molar-refractivity contribution < 1.29 is 4.74 Å². The summed E-state index contributed by atoms with van der Waals surface area (Å²) in [6.45, 7) is 2.50. The Balaban J connectivity index is 1.86. The summed E-state index contributed by atoms with van der Waals surface area (Å²) in [5.74, 6) is 0.507. The molecule has 2 aromatic heterocycles. The third-order valence-electron chi connectivity index (χ3n) is 3.00. The monoisotopic (exact) mass is 252 g/mol. The summed E-state index contributed by atoms with van der Waals surface area (Å²) in [5.41, 5.74) is 1.54. The number of halogens is 1. The smallest absolute Gasteiger partial charge is 0.178 e. The molecule has 0 spiro atoms. The Morgan fingerprint density at radius 2 is 2.41 bits per heavy atom. The first kappa shape index (κ1) is 10.9. The van der Waals surface area contributed by atoms with Gasteiger partial charge in [-0.1, -0.05) is 11.6 Å². The molecule has 0 unspecified atom stereocenters. The van der Waals surface area contributed by atoms with Crippen LogP contribution in [0.2, 0.25) is 5.15 Å². The van der Waals surface area contributed by atoms with Gasteiger partial charge in [-0.2, -0.15) is 5.10 Å². The predicted molar refractivity (Wildman–Crippen MR) is 63.9 cm³/mol. The minimum absolute atomic E-state index is 0.402. The van der Waals surface area contributed by atoms with Crippen LogP contribution in [-0.4, -0.2) is 33.0 Å². The number of ether oxygens (including phenoxy) is 1. The van der Waals surface area contributed by atoms with Gasteiger partial charge in [-0.25, -0.2) is 14.6 Å². The van der Waals surface area contributed by atoms with Crippen molar-refractivity contribution in [2.45, 2.75) is 19.4 Å². The van der Waals surface area contributed by atoms with Crippen molar-refractivity contribution in [1.29, 1.82) is 0 Å². The molecule has 0 amide bonds. The zero-order chi connectivity index (χ0) is 11.7. The van der Waals surface area contributed by atoms with E-state index in [2.05, 4.69) is 15.1 Å². The van der Waals surface area contributed by atoms with Crippen LogP contribution < -0.4 is 0 Å². The van der Waals surface area contributed by atoms with Gasteiger partial charge in [0.05, 0.1) is 19.0 Å². The lowest BCUT2D eigenvalue weighted by Gasteiger charge is -2.21. The molecule has 17 heavy (non-hydrogen) atoms. The number of hydrogen-bond donors (Lipinski definition) is 0. The number of fused-ring (bicyclic) bond motifs is 1. The zero-order valence-electron chi connectivity index (χ0n) is 9.34. The Labute approximate surface area is 104 Å². The second-order valence-electron chi connectivity index (χ2n) is 4.31. The van der Waals surface area contributed by atoms with Gasteiger partial charge in [0, 0.05) is 19.1 Å². The molecule has 3 heterocycles. The van der Waals surface area contributed by atoms with Crippen molar-refractivity contribution in [2.24, 2.45) is 5.92 Å². The summed E-state index contributed by atoms with van der Waals surface area (Å²) in [7, 11) is 0. The van der Waals surface area contributed by atoms with E-state index in [1.807, 2.05) is 4.68 Å². The number of hydrogen-bond acceptors (Lipinski definition) is 4. The summed E-state index contributed by atoms with van der Waals surface area (Å²) in [6, 6.07) is 0. The van der Waals surface area contributed by atoms with Crippen LogP contribution in [0.4, 0.5) is 0 Å². The van der Waals surface area contributed by atoms with Crippen LogP contribution in [0.15, 0.2) is 12.4 Å². The molecule has 3 rings (SSSR count). The normalized spacial score (nSPS) is 20.9. The fraction of sp³-hybridized carbons (Fsp3) is 0.545. The van der Waals surface area contributed by atoms with Crippen molar-refractivity contribution >= 4 is 22.8 Å². The highest BCUT2D eigenvalue weighted by atomic mass is 35.5. The third kappa shape index (κ3) is 2.25. The van der Waals surface area contributed by atoms with E-state index in [1.165, 1.54) is 6.42 Å². The van der Waals surface area contributed by atoms with Crippen LogP contribution in [-0.2, 0) is 11.3 Å². The Morgan fingerprint density at radius 1 is 1.47 bits per heavy atom. The maximum absolute atomic E-state index is 5.85. The van der Waals surface area contributed by atoms with E-state index >= 15 is 0 Å². The highest BCUT2D eigenvalue weighted by Crippen LogP contribution is 2.18. The molecule has 1 atom stereocenters. The highest BCUT2D eigenvalue weighted by molar-refractivity contribution is 6.29. The van der Waals surface area contributed by atoms with Gasteiger partial charge in [0.2, 0.25) is 0 Å². The molecule has 90 valence electrons. The fourth-order valence-corrected chi connectivity index (χ4v) is 2.29. The van der Waals surface area contributed by atoms with Gasteiger partial charge in [-0.3, -0.25) is 0 Å². The average Bonchev–Trinajstić information content (AvgIpc) is 2.73. The quantitative estimate of drug-likeness (QED) is 0.819. The average molecular weight is 253 g/mol. The van der Waals surface area contributed by atoms with E-state index in [0.717, 1.165) is 37.3 Å². The van der Waals surface area contributed by atoms with E-state index in [4.69, 9.17) is 16.3 Å². The van der Waals surface area contributed by atoms with E-state index in [0.29, 0.717) is 11.1 Å². The van der Waals surface area contributed by atoms with Crippen LogP contribution in [0.1, 0.15) is 12.8 Å². The molecule has 6 heteroatoms. The first-order chi connectivity index (χ1) is 8.33. The van der Waals surface area contributed by atoms with Gasteiger partial charge in [0.1, 0.15) is 10.7 Å². The van der Waals surface area contributed by atoms with Crippen LogP contribution >= 0.6 is 11.6 Å². The van der Waals surface area contributed by atoms with Crippen LogP contribution in [0.5, 0.6) is 0 Å². The molecule has 2 aromatic rings. The van der Waals surface area contributed by atoms with E-state index in [9.17, 15) is 0 Å². The maximum Gasteiger partial charge on any atom is 0.178 e. The minimum atomic E-state index is 0.402. The molecule has 0 aliphatic carbocycles. The number of rotatable bonds is 2. The van der Waals surface area contributed by atoms with E-state index in [-0.39, 0.29) is 0 Å². The standard InChI is InChI=1S/C11H13ClN4O/c12-10-5-13-9-4-14-16(11(9)15-10)6-8-2-1-3-17-7-8/h4-5,8H,1-3,6-7H2/t8-/m1/s1. The van der Waals surface area contributed by atoms with Crippen LogP contribution in [0, 0.1) is 5.92 Å². The summed E-state index contributed by atoms with van der Waals surface area (Å²) in [5, 5.41) is 4.71. The van der Waals surface area contributed by atoms with Crippen molar-refractivity contribution in [1.82, 2.24) is 19.7 Å². The largest absolute Gasteiger partial charge is 0.381 e. The predicted octanol–water partition coefficient (Wildman–Crippen LogP) is 1.91. The number of aromatic nitrogens is 4. The molecule has 0 aromatic carbocycles. The SMILES string of the molecule is Clc1cnc2cnn(C[C@H]3CCCOC3)c2n1. The van der Waals surface area contributed by atoms with Crippen molar-refractivity contribution in [3.05, 3.63) is 17.5 Å².